The fraction of sp³-hybridized carbons (Fsp3) is 0.100. The highest BCUT2D eigenvalue weighted by Crippen LogP contribution is 2.23. The lowest BCUT2D eigenvalue weighted by molar-refractivity contribution is 0.673. The minimum Gasteiger partial charge on any atom is -0.359 e. The van der Waals surface area contributed by atoms with Crippen molar-refractivity contribution >= 4 is 34.0 Å². The molecule has 10 nitrogen and oxygen atoms in total. The molecule has 0 aliphatic carbocycles. The number of hydrogen-bond donors (Lipinski definition) is 2. The fourth-order valence-corrected chi connectivity index (χ4v) is 3.66. The molecule has 0 bridgehead atoms. The van der Waals surface area contributed by atoms with Gasteiger partial charge >= 0.3 is 0 Å². The van der Waals surface area contributed by atoms with E-state index in [0.29, 0.717) is 16.5 Å². The van der Waals surface area contributed by atoms with Crippen LogP contribution >= 0.6 is 11.6 Å². The molecule has 2 N–H and O–H groups in total. The van der Waals surface area contributed by atoms with E-state index in [2.05, 4.69) is 30.4 Å². The van der Waals surface area contributed by atoms with Gasteiger partial charge in [0.05, 0.1) is 23.1 Å². The smallest absolute Gasteiger partial charge is 0.284 e. The van der Waals surface area contributed by atoms with Crippen LogP contribution in [0.4, 0.5) is 5.82 Å². The van der Waals surface area contributed by atoms with Crippen LogP contribution in [0.1, 0.15) is 18.8 Å². The third-order valence-corrected chi connectivity index (χ3v) is 5.16. The second kappa shape index (κ2) is 7.33. The Hall–Kier alpha value is -4.05. The standard InChI is InChI=1S/C20H15ClN8O2/c1-11(26-17-14-16(22-9-24-17)23-10-25-19(14)30)18-27-28-8-7-13(21)15(28)20(31)29(18)12-5-3-2-4-6-12/h2-11H,1H3,(H2,22,23,24,25,26,30)/t11-/m0/s1. The summed E-state index contributed by atoms with van der Waals surface area (Å²) in [5.41, 5.74) is 0.479. The van der Waals surface area contributed by atoms with Crippen LogP contribution < -0.4 is 16.4 Å². The van der Waals surface area contributed by atoms with E-state index in [4.69, 9.17) is 11.6 Å². The Morgan fingerprint density at radius 2 is 1.90 bits per heavy atom. The lowest BCUT2D eigenvalue weighted by Crippen LogP contribution is -2.29. The Bertz CT molecular complexity index is 1540. The molecule has 0 spiro atoms. The maximum absolute atomic E-state index is 13.4. The first-order valence-corrected chi connectivity index (χ1v) is 9.72. The molecule has 0 fully saturated rings. The molecule has 154 valence electrons. The Balaban J connectivity index is 1.70. The summed E-state index contributed by atoms with van der Waals surface area (Å²) in [6, 6.07) is 10.2. The highest BCUT2D eigenvalue weighted by molar-refractivity contribution is 6.33. The zero-order valence-corrected chi connectivity index (χ0v) is 16.9. The predicted molar refractivity (Wildman–Crippen MR) is 116 cm³/mol. The molecule has 0 radical (unpaired) electrons. The van der Waals surface area contributed by atoms with Gasteiger partial charge in [0.25, 0.3) is 11.1 Å². The quantitative estimate of drug-likeness (QED) is 0.445. The molecule has 4 heterocycles. The second-order valence-electron chi connectivity index (χ2n) is 6.81. The number of H-pyrrole nitrogens is 1. The van der Waals surface area contributed by atoms with Crippen LogP contribution in [0.3, 0.4) is 0 Å². The highest BCUT2D eigenvalue weighted by atomic mass is 35.5. The summed E-state index contributed by atoms with van der Waals surface area (Å²) in [6.07, 6.45) is 4.22. The minimum atomic E-state index is -0.517. The van der Waals surface area contributed by atoms with Gasteiger partial charge in [0, 0.05) is 6.20 Å². The van der Waals surface area contributed by atoms with Gasteiger partial charge in [0.2, 0.25) is 0 Å². The number of benzene rings is 1. The fourth-order valence-electron chi connectivity index (χ4n) is 3.44. The summed E-state index contributed by atoms with van der Waals surface area (Å²) in [5.74, 6) is 0.689. The van der Waals surface area contributed by atoms with Gasteiger partial charge in [-0.1, -0.05) is 29.8 Å². The molecule has 0 aliphatic heterocycles. The van der Waals surface area contributed by atoms with Crippen molar-refractivity contribution in [2.45, 2.75) is 13.0 Å². The van der Waals surface area contributed by atoms with E-state index in [0.717, 1.165) is 0 Å². The van der Waals surface area contributed by atoms with Crippen molar-refractivity contribution in [1.29, 1.82) is 0 Å². The summed E-state index contributed by atoms with van der Waals surface area (Å²) in [7, 11) is 0. The highest BCUT2D eigenvalue weighted by Gasteiger charge is 2.21. The zero-order chi connectivity index (χ0) is 21.5. The van der Waals surface area contributed by atoms with Gasteiger partial charge in [-0.15, -0.1) is 0 Å². The first-order chi connectivity index (χ1) is 15.0. The van der Waals surface area contributed by atoms with Crippen molar-refractivity contribution < 1.29 is 0 Å². The van der Waals surface area contributed by atoms with Crippen LogP contribution in [0.2, 0.25) is 5.02 Å². The van der Waals surface area contributed by atoms with Crippen molar-refractivity contribution in [2.75, 3.05) is 5.32 Å². The number of anilines is 1. The average molecular weight is 435 g/mol. The van der Waals surface area contributed by atoms with E-state index in [9.17, 15) is 9.59 Å². The summed E-state index contributed by atoms with van der Waals surface area (Å²) in [5, 5.41) is 8.32. The summed E-state index contributed by atoms with van der Waals surface area (Å²) in [6.45, 7) is 1.82. The van der Waals surface area contributed by atoms with Crippen molar-refractivity contribution in [3.63, 3.8) is 0 Å². The zero-order valence-electron chi connectivity index (χ0n) is 16.2. The molecule has 4 aromatic heterocycles. The Morgan fingerprint density at radius 3 is 2.71 bits per heavy atom. The normalized spacial score (nSPS) is 12.3. The molecule has 1 aromatic carbocycles. The van der Waals surface area contributed by atoms with E-state index < -0.39 is 6.04 Å². The number of nitrogens with zero attached hydrogens (tertiary/aromatic N) is 6. The van der Waals surface area contributed by atoms with Gasteiger partial charge < -0.3 is 10.3 Å². The number of aromatic nitrogens is 7. The van der Waals surface area contributed by atoms with Crippen LogP contribution in [-0.2, 0) is 0 Å². The predicted octanol–water partition coefficient (Wildman–Crippen LogP) is 2.34. The van der Waals surface area contributed by atoms with E-state index in [1.54, 1.807) is 24.4 Å². The number of aromatic amines is 1. The van der Waals surface area contributed by atoms with Crippen LogP contribution in [-0.4, -0.2) is 34.1 Å². The molecule has 0 amide bonds. The third kappa shape index (κ3) is 3.13. The topological polar surface area (TPSA) is 123 Å². The maximum atomic E-state index is 13.4. The van der Waals surface area contributed by atoms with Crippen LogP contribution in [0, 0.1) is 0 Å². The Morgan fingerprint density at radius 1 is 1.10 bits per heavy atom. The number of rotatable bonds is 4. The Kier molecular flexibility index (Phi) is 4.48. The molecule has 0 unspecified atom stereocenters. The van der Waals surface area contributed by atoms with Gasteiger partial charge in [-0.05, 0) is 25.1 Å². The molecular formula is C20H15ClN8O2. The number of halogens is 1. The summed E-state index contributed by atoms with van der Waals surface area (Å²) >= 11 is 6.23. The van der Waals surface area contributed by atoms with E-state index >= 15 is 0 Å². The van der Waals surface area contributed by atoms with Crippen LogP contribution in [0.25, 0.3) is 22.2 Å². The molecule has 5 aromatic rings. The van der Waals surface area contributed by atoms with Gasteiger partial charge in [0.1, 0.15) is 23.0 Å². The number of hydrogen-bond acceptors (Lipinski definition) is 7. The third-order valence-electron chi connectivity index (χ3n) is 4.85. The number of nitrogens with one attached hydrogen (secondary N) is 2. The van der Waals surface area contributed by atoms with Crippen molar-refractivity contribution in [3.8, 4) is 5.69 Å². The maximum Gasteiger partial charge on any atom is 0.284 e. The van der Waals surface area contributed by atoms with Crippen LogP contribution in [0.15, 0.2) is 64.8 Å². The van der Waals surface area contributed by atoms with Gasteiger partial charge in [-0.2, -0.15) is 5.10 Å². The molecule has 0 saturated heterocycles. The van der Waals surface area contributed by atoms with E-state index in [1.165, 1.54) is 21.7 Å². The van der Waals surface area contributed by atoms with E-state index in [1.807, 2.05) is 25.1 Å². The average Bonchev–Trinajstić information content (AvgIpc) is 3.15. The molecular weight excluding hydrogens is 420 g/mol. The first kappa shape index (κ1) is 18.9. The largest absolute Gasteiger partial charge is 0.359 e. The lowest BCUT2D eigenvalue weighted by atomic mass is 10.2. The number of fused-ring (bicyclic) bond motifs is 2. The molecule has 5 rings (SSSR count). The van der Waals surface area contributed by atoms with Crippen molar-refractivity contribution in [2.24, 2.45) is 0 Å². The van der Waals surface area contributed by atoms with Crippen molar-refractivity contribution in [1.82, 2.24) is 34.1 Å². The summed E-state index contributed by atoms with van der Waals surface area (Å²) in [4.78, 5) is 40.5. The second-order valence-corrected chi connectivity index (χ2v) is 7.22. The molecule has 1 atom stereocenters. The number of para-hydroxylation sites is 1. The Labute approximate surface area is 179 Å². The van der Waals surface area contributed by atoms with Crippen LogP contribution in [0.5, 0.6) is 0 Å². The monoisotopic (exact) mass is 434 g/mol. The summed E-state index contributed by atoms with van der Waals surface area (Å²) < 4.78 is 2.94. The SMILES string of the molecule is C[C@H](Nc1ncnc2nc[nH]c(=O)c12)c1nn2ccc(Cl)c2c(=O)n1-c1ccccc1. The molecule has 0 aliphatic rings. The molecule has 31 heavy (non-hydrogen) atoms. The first-order valence-electron chi connectivity index (χ1n) is 9.34. The molecule has 11 heteroatoms. The lowest BCUT2D eigenvalue weighted by Gasteiger charge is -2.19. The van der Waals surface area contributed by atoms with E-state index in [-0.39, 0.29) is 33.5 Å². The van der Waals surface area contributed by atoms with Gasteiger partial charge in [-0.3, -0.25) is 14.2 Å². The van der Waals surface area contributed by atoms with Gasteiger partial charge in [-0.25, -0.2) is 19.5 Å². The molecule has 0 saturated carbocycles. The van der Waals surface area contributed by atoms with Gasteiger partial charge in [0.15, 0.2) is 11.5 Å². The van der Waals surface area contributed by atoms with Crippen molar-refractivity contribution in [3.05, 3.63) is 86.8 Å². The minimum absolute atomic E-state index is 0.218.